The fraction of sp³-hybridized carbons (Fsp3) is 0.269. The number of phenols is 1. The molecule has 170 valence electrons. The van der Waals surface area contributed by atoms with E-state index in [0.29, 0.717) is 17.0 Å². The summed E-state index contributed by atoms with van der Waals surface area (Å²) >= 11 is 0. The number of methoxy groups -OCH3 is 1. The second-order valence-electron chi connectivity index (χ2n) is 8.32. The van der Waals surface area contributed by atoms with E-state index < -0.39 is 0 Å². The van der Waals surface area contributed by atoms with Crippen molar-refractivity contribution in [1.29, 1.82) is 0 Å². The first-order valence-corrected chi connectivity index (χ1v) is 11.1. The summed E-state index contributed by atoms with van der Waals surface area (Å²) < 4.78 is 11.5. The zero-order valence-corrected chi connectivity index (χ0v) is 18.7. The number of nitrogens with one attached hydrogen (secondary N) is 1. The Labute approximate surface area is 192 Å². The fourth-order valence-corrected chi connectivity index (χ4v) is 4.50. The summed E-state index contributed by atoms with van der Waals surface area (Å²) in [5, 5.41) is 15.1. The number of ether oxygens (including phenoxy) is 1. The van der Waals surface area contributed by atoms with Gasteiger partial charge in [0.25, 0.3) is 0 Å². The number of carbonyl (C=O) groups is 1. The molecule has 3 aromatic carbocycles. The number of fused-ring (bicyclic) bond motifs is 3. The Kier molecular flexibility index (Phi) is 5.56. The van der Waals surface area contributed by atoms with Crippen molar-refractivity contribution >= 4 is 39.2 Å². The third-order valence-corrected chi connectivity index (χ3v) is 6.42. The average molecular weight is 446 g/mol. The van der Waals surface area contributed by atoms with Gasteiger partial charge in [0.1, 0.15) is 22.7 Å². The van der Waals surface area contributed by atoms with Crippen molar-refractivity contribution < 1.29 is 19.1 Å². The number of hydrogen-bond acceptors (Lipinski definition) is 6. The summed E-state index contributed by atoms with van der Waals surface area (Å²) in [4.78, 5) is 17.4. The highest BCUT2D eigenvalue weighted by Gasteiger charge is 2.27. The summed E-state index contributed by atoms with van der Waals surface area (Å²) in [6.07, 6.45) is 0. The summed E-state index contributed by atoms with van der Waals surface area (Å²) in [7, 11) is 1.60. The quantitative estimate of drug-likeness (QED) is 0.473. The van der Waals surface area contributed by atoms with Gasteiger partial charge in [0.2, 0.25) is 5.91 Å². The Morgan fingerprint density at radius 1 is 1.00 bits per heavy atom. The normalized spacial score (nSPS) is 15.6. The molecule has 7 heteroatoms. The van der Waals surface area contributed by atoms with Gasteiger partial charge >= 0.3 is 0 Å². The van der Waals surface area contributed by atoms with Gasteiger partial charge in [-0.15, -0.1) is 0 Å². The highest BCUT2D eigenvalue weighted by atomic mass is 16.5. The topological polar surface area (TPSA) is 78.2 Å². The summed E-state index contributed by atoms with van der Waals surface area (Å²) in [5.41, 5.74) is 2.93. The first kappa shape index (κ1) is 21.2. The number of phenolic OH excluding ortho intramolecular Hbond substituents is 1. The number of piperazine rings is 1. The summed E-state index contributed by atoms with van der Waals surface area (Å²) in [5.74, 6) is 0.781. The molecule has 33 heavy (non-hydrogen) atoms. The van der Waals surface area contributed by atoms with Gasteiger partial charge < -0.3 is 24.5 Å². The number of nitrogens with zero attached hydrogens (tertiary/aromatic N) is 2. The molecule has 7 nitrogen and oxygen atoms in total. The number of aromatic hydroxyl groups is 1. The molecule has 1 aromatic heterocycles. The van der Waals surface area contributed by atoms with E-state index in [1.54, 1.807) is 13.2 Å². The van der Waals surface area contributed by atoms with Crippen LogP contribution in [0.4, 0.5) is 11.4 Å². The molecule has 5 rings (SSSR count). The van der Waals surface area contributed by atoms with Gasteiger partial charge in [0.05, 0.1) is 24.5 Å². The number of carbonyl (C=O) groups excluding carboxylic acids is 1. The summed E-state index contributed by atoms with van der Waals surface area (Å²) in [6, 6.07) is 18.6. The Hall–Kier alpha value is -3.71. The number of hydrogen-bond donors (Lipinski definition) is 2. The smallest absolute Gasteiger partial charge is 0.241 e. The van der Waals surface area contributed by atoms with Crippen LogP contribution in [-0.2, 0) is 4.79 Å². The average Bonchev–Trinajstić information content (AvgIpc) is 3.20. The van der Waals surface area contributed by atoms with Crippen LogP contribution in [0.1, 0.15) is 6.92 Å². The number of rotatable bonds is 5. The molecule has 1 atom stereocenters. The number of benzene rings is 3. The van der Waals surface area contributed by atoms with E-state index >= 15 is 0 Å². The van der Waals surface area contributed by atoms with Crippen LogP contribution in [0.5, 0.6) is 11.5 Å². The van der Waals surface area contributed by atoms with Crippen molar-refractivity contribution in [3.8, 4) is 11.5 Å². The molecule has 0 spiro atoms. The van der Waals surface area contributed by atoms with Crippen LogP contribution >= 0.6 is 0 Å². The summed E-state index contributed by atoms with van der Waals surface area (Å²) in [6.45, 7) is 4.84. The third kappa shape index (κ3) is 3.96. The molecule has 0 saturated carbocycles. The van der Waals surface area contributed by atoms with Crippen LogP contribution in [0, 0.1) is 0 Å². The molecule has 1 aliphatic heterocycles. The first-order valence-electron chi connectivity index (χ1n) is 11.1. The third-order valence-electron chi connectivity index (χ3n) is 6.42. The Bertz CT molecular complexity index is 1310. The van der Waals surface area contributed by atoms with Gasteiger partial charge in [-0.2, -0.15) is 0 Å². The predicted molar refractivity (Wildman–Crippen MR) is 130 cm³/mol. The lowest BCUT2D eigenvalue weighted by atomic mass is 10.1. The van der Waals surface area contributed by atoms with Gasteiger partial charge in [0.15, 0.2) is 0 Å². The minimum atomic E-state index is -0.312. The van der Waals surface area contributed by atoms with Gasteiger partial charge in [-0.05, 0) is 31.2 Å². The second kappa shape index (κ2) is 8.67. The van der Waals surface area contributed by atoms with E-state index in [-0.39, 0.29) is 17.7 Å². The highest BCUT2D eigenvalue weighted by molar-refractivity contribution is 6.08. The van der Waals surface area contributed by atoms with Crippen LogP contribution in [0.15, 0.2) is 65.1 Å². The predicted octanol–water partition coefficient (Wildman–Crippen LogP) is 4.45. The zero-order chi connectivity index (χ0) is 22.9. The van der Waals surface area contributed by atoms with Crippen molar-refractivity contribution in [3.63, 3.8) is 0 Å². The molecule has 2 N–H and O–H groups in total. The minimum absolute atomic E-state index is 0.0974. The van der Waals surface area contributed by atoms with E-state index in [9.17, 15) is 9.90 Å². The maximum absolute atomic E-state index is 13.1. The number of amides is 1. The van der Waals surface area contributed by atoms with Crippen molar-refractivity contribution in [2.45, 2.75) is 13.0 Å². The Balaban J connectivity index is 1.30. The maximum atomic E-state index is 13.1. The lowest BCUT2D eigenvalue weighted by molar-refractivity contribution is -0.120. The van der Waals surface area contributed by atoms with Gasteiger partial charge in [0, 0.05) is 43.0 Å². The Morgan fingerprint density at radius 3 is 2.48 bits per heavy atom. The van der Waals surface area contributed by atoms with Crippen LogP contribution < -0.4 is 15.0 Å². The molecule has 0 unspecified atom stereocenters. The molecule has 4 aromatic rings. The Morgan fingerprint density at radius 2 is 1.73 bits per heavy atom. The van der Waals surface area contributed by atoms with Crippen molar-refractivity contribution in [3.05, 3.63) is 60.7 Å². The molecule has 1 aliphatic rings. The van der Waals surface area contributed by atoms with Crippen LogP contribution in [0.3, 0.4) is 0 Å². The van der Waals surface area contributed by atoms with Crippen LogP contribution in [0.25, 0.3) is 21.9 Å². The van der Waals surface area contributed by atoms with Crippen LogP contribution in [-0.4, -0.2) is 55.2 Å². The maximum Gasteiger partial charge on any atom is 0.241 e. The fourth-order valence-electron chi connectivity index (χ4n) is 4.50. The van der Waals surface area contributed by atoms with E-state index in [1.165, 1.54) is 0 Å². The largest absolute Gasteiger partial charge is 0.506 e. The van der Waals surface area contributed by atoms with Crippen molar-refractivity contribution in [2.24, 2.45) is 0 Å². The van der Waals surface area contributed by atoms with Crippen LogP contribution in [0.2, 0.25) is 0 Å². The van der Waals surface area contributed by atoms with Gasteiger partial charge in [-0.1, -0.05) is 30.3 Å². The highest BCUT2D eigenvalue weighted by Crippen LogP contribution is 2.36. The van der Waals surface area contributed by atoms with E-state index in [4.69, 9.17) is 9.15 Å². The zero-order valence-electron chi connectivity index (χ0n) is 18.7. The first-order chi connectivity index (χ1) is 16.0. The van der Waals surface area contributed by atoms with Gasteiger partial charge in [-0.3, -0.25) is 9.69 Å². The van der Waals surface area contributed by atoms with E-state index in [2.05, 4.69) is 15.1 Å². The second-order valence-corrected chi connectivity index (χ2v) is 8.32. The molecule has 1 fully saturated rings. The lowest BCUT2D eigenvalue weighted by Gasteiger charge is -2.38. The molecule has 1 saturated heterocycles. The monoisotopic (exact) mass is 445 g/mol. The van der Waals surface area contributed by atoms with Gasteiger partial charge in [-0.25, -0.2) is 0 Å². The minimum Gasteiger partial charge on any atom is -0.506 e. The molecule has 2 heterocycles. The molecular formula is C26H27N3O4. The van der Waals surface area contributed by atoms with Crippen molar-refractivity contribution in [1.82, 2.24) is 4.90 Å². The van der Waals surface area contributed by atoms with E-state index in [1.807, 2.05) is 61.5 Å². The molecule has 1 amide bonds. The molecule has 0 aliphatic carbocycles. The number of furan rings is 1. The molecule has 0 radical (unpaired) electrons. The van der Waals surface area contributed by atoms with Crippen molar-refractivity contribution in [2.75, 3.05) is 43.5 Å². The molecule has 0 bridgehead atoms. The lowest BCUT2D eigenvalue weighted by Crippen LogP contribution is -2.52. The number of para-hydroxylation sites is 3. The standard InChI is InChI=1S/C26H27N3O4/c1-17(28-11-13-29(14-12-28)21-8-4-5-9-22(21)30)26(31)27-20-16-24-19(15-25(20)32-2)18-7-3-6-10-23(18)33-24/h3-10,15-17,30H,11-14H2,1-2H3,(H,27,31)/t17-/m0/s1. The number of anilines is 2. The van der Waals surface area contributed by atoms with E-state index in [0.717, 1.165) is 48.2 Å². The SMILES string of the molecule is COc1cc2c(cc1NC(=O)[C@H](C)N1CCN(c3ccccc3O)CC1)oc1ccccc12. The molecular weight excluding hydrogens is 418 g/mol.